The van der Waals surface area contributed by atoms with Gasteiger partial charge in [0.15, 0.2) is 0 Å². The molecule has 0 bridgehead atoms. The van der Waals surface area contributed by atoms with E-state index >= 15 is 0 Å². The summed E-state index contributed by atoms with van der Waals surface area (Å²) in [5.74, 6) is 0. The van der Waals surface area contributed by atoms with Crippen LogP contribution in [0.4, 0.5) is 0 Å². The maximum atomic E-state index is 3.74. The van der Waals surface area contributed by atoms with E-state index < -0.39 is 0 Å². The lowest BCUT2D eigenvalue weighted by Crippen LogP contribution is -2.40. The lowest BCUT2D eigenvalue weighted by molar-refractivity contribution is 0.238. The first-order valence-corrected chi connectivity index (χ1v) is 7.84. The topological polar surface area (TPSA) is 18.5 Å². The van der Waals surface area contributed by atoms with Crippen molar-refractivity contribution in [2.75, 3.05) is 33.2 Å². The molecule has 1 N–H and O–H groups in total. The number of likely N-dealkylation sites (tertiary alicyclic amines) is 1. The van der Waals surface area contributed by atoms with E-state index in [-0.39, 0.29) is 0 Å². The molecular weight excluding hydrogens is 222 g/mol. The summed E-state index contributed by atoms with van der Waals surface area (Å²) in [6.45, 7) is 9.48. The van der Waals surface area contributed by atoms with Crippen LogP contribution < -0.4 is 5.32 Å². The van der Waals surface area contributed by atoms with Crippen LogP contribution in [-0.4, -0.2) is 61.2 Å². The fourth-order valence-electron chi connectivity index (χ4n) is 3.40. The van der Waals surface area contributed by atoms with Crippen molar-refractivity contribution in [3.8, 4) is 0 Å². The fourth-order valence-corrected chi connectivity index (χ4v) is 3.40. The molecule has 3 nitrogen and oxygen atoms in total. The Kier molecular flexibility index (Phi) is 5.46. The number of likely N-dealkylation sites (N-methyl/N-ethyl adjacent to an activating group) is 1. The monoisotopic (exact) mass is 253 g/mol. The molecule has 1 aliphatic heterocycles. The van der Waals surface area contributed by atoms with E-state index in [4.69, 9.17) is 0 Å². The first-order chi connectivity index (χ1) is 8.66. The first kappa shape index (κ1) is 14.3. The quantitative estimate of drug-likeness (QED) is 0.780. The molecule has 2 aliphatic rings. The highest BCUT2D eigenvalue weighted by molar-refractivity contribution is 4.83. The van der Waals surface area contributed by atoms with Crippen LogP contribution in [0.5, 0.6) is 0 Å². The molecule has 1 heterocycles. The molecule has 1 saturated heterocycles. The van der Waals surface area contributed by atoms with Crippen LogP contribution in [0.1, 0.15) is 46.0 Å². The molecule has 3 heteroatoms. The second kappa shape index (κ2) is 6.88. The molecule has 1 atom stereocenters. The summed E-state index contributed by atoms with van der Waals surface area (Å²) in [5, 5.41) is 3.74. The second-order valence-electron chi connectivity index (χ2n) is 6.45. The molecule has 0 amide bonds. The molecule has 0 aromatic heterocycles. The molecule has 0 spiro atoms. The molecular formula is C15H31N3. The summed E-state index contributed by atoms with van der Waals surface area (Å²) in [5.41, 5.74) is 0. The number of hydrogen-bond acceptors (Lipinski definition) is 3. The van der Waals surface area contributed by atoms with E-state index in [9.17, 15) is 0 Å². The SMILES string of the molecule is CC(C)N1CCC(NCCN(C)C2CCCC2)C1. The molecule has 0 aromatic rings. The van der Waals surface area contributed by atoms with Gasteiger partial charge in [-0.2, -0.15) is 0 Å². The van der Waals surface area contributed by atoms with Crippen molar-refractivity contribution in [2.45, 2.75) is 64.1 Å². The smallest absolute Gasteiger partial charge is 0.0207 e. The summed E-state index contributed by atoms with van der Waals surface area (Å²) >= 11 is 0. The predicted octanol–water partition coefficient (Wildman–Crippen LogP) is 1.93. The summed E-state index contributed by atoms with van der Waals surface area (Å²) < 4.78 is 0. The molecule has 0 aromatic carbocycles. The van der Waals surface area contributed by atoms with Gasteiger partial charge in [0, 0.05) is 37.8 Å². The Morgan fingerprint density at radius 1 is 1.22 bits per heavy atom. The Hall–Kier alpha value is -0.120. The summed E-state index contributed by atoms with van der Waals surface area (Å²) in [6, 6.07) is 2.30. The Balaban J connectivity index is 1.58. The van der Waals surface area contributed by atoms with Crippen molar-refractivity contribution >= 4 is 0 Å². The Morgan fingerprint density at radius 2 is 1.94 bits per heavy atom. The lowest BCUT2D eigenvalue weighted by atomic mass is 10.2. The van der Waals surface area contributed by atoms with Crippen molar-refractivity contribution in [3.05, 3.63) is 0 Å². The Morgan fingerprint density at radius 3 is 2.56 bits per heavy atom. The van der Waals surface area contributed by atoms with Gasteiger partial charge in [-0.3, -0.25) is 4.90 Å². The van der Waals surface area contributed by atoms with Crippen molar-refractivity contribution in [3.63, 3.8) is 0 Å². The van der Waals surface area contributed by atoms with Gasteiger partial charge in [-0.1, -0.05) is 12.8 Å². The Bertz CT molecular complexity index is 236. The molecule has 2 rings (SSSR count). The molecule has 1 saturated carbocycles. The van der Waals surface area contributed by atoms with Crippen molar-refractivity contribution in [1.29, 1.82) is 0 Å². The highest BCUT2D eigenvalue weighted by Crippen LogP contribution is 2.21. The van der Waals surface area contributed by atoms with Crippen molar-refractivity contribution in [1.82, 2.24) is 15.1 Å². The van der Waals surface area contributed by atoms with Crippen LogP contribution in [0.2, 0.25) is 0 Å². The van der Waals surface area contributed by atoms with E-state index in [1.165, 1.54) is 51.7 Å². The van der Waals surface area contributed by atoms with Gasteiger partial charge < -0.3 is 10.2 Å². The zero-order valence-electron chi connectivity index (χ0n) is 12.5. The van der Waals surface area contributed by atoms with Gasteiger partial charge >= 0.3 is 0 Å². The highest BCUT2D eigenvalue weighted by atomic mass is 15.2. The molecule has 2 fully saturated rings. The van der Waals surface area contributed by atoms with Crippen LogP contribution in [0, 0.1) is 0 Å². The van der Waals surface area contributed by atoms with E-state index in [1.54, 1.807) is 0 Å². The molecule has 0 radical (unpaired) electrons. The average Bonchev–Trinajstić information content (AvgIpc) is 3.00. The van der Waals surface area contributed by atoms with Crippen molar-refractivity contribution in [2.24, 2.45) is 0 Å². The van der Waals surface area contributed by atoms with Gasteiger partial charge in [0.05, 0.1) is 0 Å². The summed E-state index contributed by atoms with van der Waals surface area (Å²) in [4.78, 5) is 5.15. The standard InChI is InChI=1S/C15H31N3/c1-13(2)18-10-8-14(12-18)16-9-11-17(3)15-6-4-5-7-15/h13-16H,4-12H2,1-3H3. The van der Waals surface area contributed by atoms with Gasteiger partial charge in [-0.05, 0) is 46.7 Å². The zero-order chi connectivity index (χ0) is 13.0. The number of hydrogen-bond donors (Lipinski definition) is 1. The maximum absolute atomic E-state index is 3.74. The van der Waals surface area contributed by atoms with Gasteiger partial charge in [0.25, 0.3) is 0 Å². The zero-order valence-corrected chi connectivity index (χ0v) is 12.5. The normalized spacial score (nSPS) is 26.8. The van der Waals surface area contributed by atoms with E-state index in [1.807, 2.05) is 0 Å². The van der Waals surface area contributed by atoms with E-state index in [0.717, 1.165) is 18.6 Å². The number of nitrogens with zero attached hydrogens (tertiary/aromatic N) is 2. The third-order valence-corrected chi connectivity index (χ3v) is 4.80. The molecule has 1 aliphatic carbocycles. The van der Waals surface area contributed by atoms with Crippen LogP contribution in [0.3, 0.4) is 0 Å². The largest absolute Gasteiger partial charge is 0.311 e. The van der Waals surface area contributed by atoms with Crippen LogP contribution >= 0.6 is 0 Å². The van der Waals surface area contributed by atoms with Gasteiger partial charge in [0.1, 0.15) is 0 Å². The van der Waals surface area contributed by atoms with Crippen LogP contribution in [0.25, 0.3) is 0 Å². The highest BCUT2D eigenvalue weighted by Gasteiger charge is 2.24. The van der Waals surface area contributed by atoms with Crippen LogP contribution in [0.15, 0.2) is 0 Å². The second-order valence-corrected chi connectivity index (χ2v) is 6.45. The molecule has 106 valence electrons. The van der Waals surface area contributed by atoms with E-state index in [2.05, 4.69) is 36.0 Å². The molecule has 18 heavy (non-hydrogen) atoms. The minimum absolute atomic E-state index is 0.706. The Labute approximate surface area is 113 Å². The fraction of sp³-hybridized carbons (Fsp3) is 1.00. The molecule has 1 unspecified atom stereocenters. The van der Waals surface area contributed by atoms with Crippen LogP contribution in [-0.2, 0) is 0 Å². The lowest BCUT2D eigenvalue weighted by Gasteiger charge is -2.25. The number of rotatable bonds is 6. The average molecular weight is 253 g/mol. The van der Waals surface area contributed by atoms with Gasteiger partial charge in [-0.25, -0.2) is 0 Å². The van der Waals surface area contributed by atoms with E-state index in [0.29, 0.717) is 6.04 Å². The first-order valence-electron chi connectivity index (χ1n) is 7.84. The third-order valence-electron chi connectivity index (χ3n) is 4.80. The minimum Gasteiger partial charge on any atom is -0.311 e. The predicted molar refractivity (Wildman–Crippen MR) is 78.0 cm³/mol. The minimum atomic E-state index is 0.706. The van der Waals surface area contributed by atoms with Gasteiger partial charge in [-0.15, -0.1) is 0 Å². The van der Waals surface area contributed by atoms with Gasteiger partial charge in [0.2, 0.25) is 0 Å². The summed E-state index contributed by atoms with van der Waals surface area (Å²) in [7, 11) is 2.30. The van der Waals surface area contributed by atoms with Crippen molar-refractivity contribution < 1.29 is 0 Å². The number of nitrogens with one attached hydrogen (secondary N) is 1. The maximum Gasteiger partial charge on any atom is 0.0207 e. The summed E-state index contributed by atoms with van der Waals surface area (Å²) in [6.07, 6.45) is 7.04. The third kappa shape index (κ3) is 3.94.